The first-order valence-corrected chi connectivity index (χ1v) is 7.61. The van der Waals surface area contributed by atoms with Gasteiger partial charge in [-0.15, -0.1) is 46.4 Å². The number of aromatic carboxylic acids is 1. The highest BCUT2D eigenvalue weighted by Crippen LogP contribution is 2.25. The Kier molecular flexibility index (Phi) is 7.30. The normalized spacial score (nSPS) is 15.8. The fourth-order valence-corrected chi connectivity index (χ4v) is 2.98. The molecule has 1 N–H and O–H groups in total. The molecule has 0 bridgehead atoms. The van der Waals surface area contributed by atoms with Crippen LogP contribution < -0.4 is 0 Å². The summed E-state index contributed by atoms with van der Waals surface area (Å²) in [6.07, 6.45) is 0.908. The molecule has 0 heterocycles. The third kappa shape index (κ3) is 5.03. The van der Waals surface area contributed by atoms with Crippen molar-refractivity contribution in [3.8, 4) is 0 Å². The topological polar surface area (TPSA) is 37.3 Å². The minimum atomic E-state index is -0.978. The molecule has 1 aromatic carbocycles. The molecular formula is C13H14Cl4O2. The van der Waals surface area contributed by atoms with Crippen LogP contribution in [-0.4, -0.2) is 33.1 Å². The van der Waals surface area contributed by atoms with Gasteiger partial charge in [0.05, 0.1) is 21.7 Å². The van der Waals surface area contributed by atoms with Gasteiger partial charge >= 0.3 is 5.97 Å². The van der Waals surface area contributed by atoms with Gasteiger partial charge in [-0.3, -0.25) is 0 Å². The Labute approximate surface area is 132 Å². The van der Waals surface area contributed by atoms with Crippen molar-refractivity contribution in [3.63, 3.8) is 0 Å². The Morgan fingerprint density at radius 3 is 2.37 bits per heavy atom. The molecule has 0 saturated heterocycles. The van der Waals surface area contributed by atoms with Gasteiger partial charge in [0.25, 0.3) is 0 Å². The lowest BCUT2D eigenvalue weighted by atomic mass is 10.0. The maximum absolute atomic E-state index is 11.1. The number of hydrogen-bond acceptors (Lipinski definition) is 1. The smallest absolute Gasteiger partial charge is 0.335 e. The first kappa shape index (κ1) is 16.9. The van der Waals surface area contributed by atoms with E-state index in [9.17, 15) is 4.79 Å². The molecule has 3 unspecified atom stereocenters. The van der Waals surface area contributed by atoms with Crippen LogP contribution in [0.15, 0.2) is 24.3 Å². The molecule has 0 radical (unpaired) electrons. The van der Waals surface area contributed by atoms with E-state index in [0.717, 1.165) is 0 Å². The molecule has 3 atom stereocenters. The second-order valence-corrected chi connectivity index (χ2v) is 6.12. The Morgan fingerprint density at radius 1 is 1.16 bits per heavy atom. The van der Waals surface area contributed by atoms with Gasteiger partial charge in [0, 0.05) is 5.88 Å². The second-order valence-electron chi connectivity index (χ2n) is 4.12. The third-order valence-corrected chi connectivity index (χ3v) is 4.74. The van der Waals surface area contributed by atoms with Crippen molar-refractivity contribution in [2.75, 3.05) is 5.88 Å². The molecule has 19 heavy (non-hydrogen) atoms. The molecule has 0 aliphatic carbocycles. The second kappa shape index (κ2) is 8.21. The number of rotatable bonds is 7. The quantitative estimate of drug-likeness (QED) is 0.746. The fourth-order valence-electron chi connectivity index (χ4n) is 1.72. The third-order valence-electron chi connectivity index (χ3n) is 2.74. The predicted molar refractivity (Wildman–Crippen MR) is 81.4 cm³/mol. The first-order valence-electron chi connectivity index (χ1n) is 5.76. The number of alkyl halides is 4. The van der Waals surface area contributed by atoms with Crippen molar-refractivity contribution >= 4 is 52.4 Å². The molecule has 1 aromatic rings. The van der Waals surface area contributed by atoms with Gasteiger partial charge in [-0.2, -0.15) is 0 Å². The van der Waals surface area contributed by atoms with E-state index in [2.05, 4.69) is 0 Å². The number of halogens is 4. The summed E-state index contributed by atoms with van der Waals surface area (Å²) in [6.45, 7) is 0. The van der Waals surface area contributed by atoms with Gasteiger partial charge in [-0.1, -0.05) is 18.2 Å². The van der Waals surface area contributed by atoms with Crippen molar-refractivity contribution in [3.05, 3.63) is 35.4 Å². The van der Waals surface area contributed by atoms with E-state index >= 15 is 0 Å². The Hall–Kier alpha value is -0.150. The molecule has 0 aromatic heterocycles. The zero-order valence-corrected chi connectivity index (χ0v) is 13.1. The monoisotopic (exact) mass is 342 g/mol. The predicted octanol–water partition coefficient (Wildman–Crippen LogP) is 4.38. The molecule has 0 aliphatic heterocycles. The maximum Gasteiger partial charge on any atom is 0.335 e. The summed E-state index contributed by atoms with van der Waals surface area (Å²) in [6, 6.07) is 6.71. The molecular weight excluding hydrogens is 330 g/mol. The minimum absolute atomic E-state index is 0.237. The summed E-state index contributed by atoms with van der Waals surface area (Å²) in [5, 5.41) is 7.84. The average Bonchev–Trinajstić information content (AvgIpc) is 2.38. The number of carbonyl (C=O) groups is 1. The van der Waals surface area contributed by atoms with Crippen LogP contribution in [0.3, 0.4) is 0 Å². The molecule has 106 valence electrons. The number of carboxylic acid groups (broad SMARTS) is 1. The van der Waals surface area contributed by atoms with Gasteiger partial charge in [-0.25, -0.2) is 4.79 Å². The summed E-state index contributed by atoms with van der Waals surface area (Å²) in [7, 11) is 0. The SMILES string of the molecule is O=C(O)c1ccccc1CC(Cl)C(Cl)C(Cl)CCCl. The highest BCUT2D eigenvalue weighted by atomic mass is 35.5. The molecule has 1 rings (SSSR count). The lowest BCUT2D eigenvalue weighted by Crippen LogP contribution is -2.28. The van der Waals surface area contributed by atoms with E-state index in [4.69, 9.17) is 51.5 Å². The van der Waals surface area contributed by atoms with Gasteiger partial charge in [-0.05, 0) is 24.5 Å². The highest BCUT2D eigenvalue weighted by molar-refractivity contribution is 6.35. The zero-order valence-electron chi connectivity index (χ0n) is 10.0. The molecule has 0 fully saturated rings. The summed E-state index contributed by atoms with van der Waals surface area (Å²) in [4.78, 5) is 11.1. The van der Waals surface area contributed by atoms with Crippen LogP contribution in [0.1, 0.15) is 22.3 Å². The van der Waals surface area contributed by atoms with Crippen molar-refractivity contribution in [1.29, 1.82) is 0 Å². The molecule has 2 nitrogen and oxygen atoms in total. The van der Waals surface area contributed by atoms with E-state index in [1.807, 2.05) is 0 Å². The molecule has 6 heteroatoms. The zero-order chi connectivity index (χ0) is 14.4. The van der Waals surface area contributed by atoms with Crippen molar-refractivity contribution in [1.82, 2.24) is 0 Å². The van der Waals surface area contributed by atoms with Gasteiger partial charge in [0.2, 0.25) is 0 Å². The van der Waals surface area contributed by atoms with Gasteiger partial charge in [0.1, 0.15) is 0 Å². The van der Waals surface area contributed by atoms with E-state index in [1.165, 1.54) is 0 Å². The van der Waals surface area contributed by atoms with Crippen LogP contribution in [0.5, 0.6) is 0 Å². The standard InChI is InChI=1S/C13H14Cl4O2/c14-6-5-10(15)12(17)11(16)7-8-3-1-2-4-9(8)13(18)19/h1-4,10-12H,5-7H2,(H,18,19). The summed E-state index contributed by atoms with van der Waals surface area (Å²) >= 11 is 24.1. The van der Waals surface area contributed by atoms with Crippen molar-refractivity contribution < 1.29 is 9.90 Å². The van der Waals surface area contributed by atoms with E-state index in [-0.39, 0.29) is 10.9 Å². The van der Waals surface area contributed by atoms with Crippen molar-refractivity contribution in [2.24, 2.45) is 0 Å². The maximum atomic E-state index is 11.1. The molecule has 0 saturated carbocycles. The van der Waals surface area contributed by atoms with Crippen molar-refractivity contribution in [2.45, 2.75) is 29.0 Å². The number of carboxylic acids is 1. The molecule has 0 amide bonds. The number of benzene rings is 1. The fraction of sp³-hybridized carbons (Fsp3) is 0.462. The van der Waals surface area contributed by atoms with Crippen LogP contribution in [0.2, 0.25) is 0 Å². The lowest BCUT2D eigenvalue weighted by Gasteiger charge is -2.21. The number of hydrogen-bond donors (Lipinski definition) is 1. The van der Waals surface area contributed by atoms with Crippen LogP contribution >= 0.6 is 46.4 Å². The van der Waals surface area contributed by atoms with Gasteiger partial charge < -0.3 is 5.11 Å². The van der Waals surface area contributed by atoms with Crippen LogP contribution in [0.4, 0.5) is 0 Å². The van der Waals surface area contributed by atoms with Crippen LogP contribution in [0, 0.1) is 0 Å². The Morgan fingerprint density at radius 2 is 1.79 bits per heavy atom. The molecule has 0 spiro atoms. The lowest BCUT2D eigenvalue weighted by molar-refractivity contribution is 0.0695. The summed E-state index contributed by atoms with van der Waals surface area (Å²) in [5.41, 5.74) is 0.885. The Bertz CT molecular complexity index is 425. The van der Waals surface area contributed by atoms with Crippen LogP contribution in [0.25, 0.3) is 0 Å². The first-order chi connectivity index (χ1) is 8.97. The Balaban J connectivity index is 2.76. The minimum Gasteiger partial charge on any atom is -0.478 e. The van der Waals surface area contributed by atoms with E-state index < -0.39 is 16.7 Å². The van der Waals surface area contributed by atoms with E-state index in [1.54, 1.807) is 24.3 Å². The van der Waals surface area contributed by atoms with Crippen LogP contribution in [-0.2, 0) is 6.42 Å². The summed E-state index contributed by atoms with van der Waals surface area (Å²) < 4.78 is 0. The summed E-state index contributed by atoms with van der Waals surface area (Å²) in [5.74, 6) is -0.569. The van der Waals surface area contributed by atoms with Gasteiger partial charge in [0.15, 0.2) is 0 Å². The highest BCUT2D eigenvalue weighted by Gasteiger charge is 2.26. The largest absolute Gasteiger partial charge is 0.478 e. The average molecular weight is 344 g/mol. The molecule has 0 aliphatic rings. The van der Waals surface area contributed by atoms with E-state index in [0.29, 0.717) is 24.3 Å².